The Balaban J connectivity index is 1.53. The summed E-state index contributed by atoms with van der Waals surface area (Å²) in [5.74, 6) is -0.294. The zero-order chi connectivity index (χ0) is 25.3. The minimum atomic E-state index is -1.14. The molecule has 10 heteroatoms. The average molecular weight is 517 g/mol. The molecule has 2 aromatic carbocycles. The minimum absolute atomic E-state index is 0.0218. The van der Waals surface area contributed by atoms with Crippen molar-refractivity contribution < 1.29 is 14.7 Å². The number of hydrogen-bond acceptors (Lipinski definition) is 5. The van der Waals surface area contributed by atoms with Crippen LogP contribution in [-0.2, 0) is 28.3 Å². The Bertz CT molecular complexity index is 1350. The maximum atomic E-state index is 13.2. The first kappa shape index (κ1) is 25.2. The first-order valence-electron chi connectivity index (χ1n) is 11.2. The summed E-state index contributed by atoms with van der Waals surface area (Å²) in [7, 11) is 1.64. The Hall–Kier alpha value is -2.94. The van der Waals surface area contributed by atoms with Crippen molar-refractivity contribution >= 4 is 45.9 Å². The molecule has 1 aliphatic heterocycles. The van der Waals surface area contributed by atoms with Crippen molar-refractivity contribution in [1.29, 1.82) is 0 Å². The zero-order valence-corrected chi connectivity index (χ0v) is 21.0. The van der Waals surface area contributed by atoms with Crippen molar-refractivity contribution in [3.63, 3.8) is 0 Å². The van der Waals surface area contributed by atoms with Crippen LogP contribution in [0, 0.1) is 0 Å². The van der Waals surface area contributed by atoms with E-state index in [1.807, 2.05) is 0 Å². The lowest BCUT2D eigenvalue weighted by Gasteiger charge is -2.38. The van der Waals surface area contributed by atoms with Crippen molar-refractivity contribution in [1.82, 2.24) is 19.4 Å². The van der Waals surface area contributed by atoms with E-state index in [0.717, 1.165) is 5.56 Å². The molecule has 3 aromatic rings. The van der Waals surface area contributed by atoms with Gasteiger partial charge < -0.3 is 14.9 Å². The number of halogens is 2. The van der Waals surface area contributed by atoms with E-state index in [1.165, 1.54) is 22.7 Å². The van der Waals surface area contributed by atoms with Crippen LogP contribution in [0.2, 0.25) is 10.0 Å². The van der Waals surface area contributed by atoms with Gasteiger partial charge in [0.25, 0.3) is 5.56 Å². The van der Waals surface area contributed by atoms with Crippen LogP contribution in [0.25, 0.3) is 10.9 Å². The van der Waals surface area contributed by atoms with Crippen LogP contribution in [0.4, 0.5) is 0 Å². The fourth-order valence-electron chi connectivity index (χ4n) is 4.31. The molecular weight excluding hydrogens is 491 g/mol. The first-order chi connectivity index (χ1) is 16.6. The molecule has 0 bridgehead atoms. The van der Waals surface area contributed by atoms with Crippen LogP contribution in [0.5, 0.6) is 0 Å². The molecule has 0 radical (unpaired) electrons. The lowest BCUT2D eigenvalue weighted by molar-refractivity contribution is -0.133. The molecule has 2 heterocycles. The standard InChI is InChI=1S/C25H26Cl2N4O4/c1-16(32)30-9-7-25(35,8-10-30)18-4-6-22-19(12-18)24(34)31(15-28-22)14-23(33)29(2)13-17-3-5-20(26)21(27)11-17/h3-6,11-12,15,35H,7-10,13-14H2,1-2H3. The number of carbonyl (C=O) groups is 2. The van der Waals surface area contributed by atoms with Gasteiger partial charge in [0.15, 0.2) is 0 Å². The van der Waals surface area contributed by atoms with E-state index in [2.05, 4.69) is 4.98 Å². The summed E-state index contributed by atoms with van der Waals surface area (Å²) in [5.41, 5.74) is 0.401. The molecule has 35 heavy (non-hydrogen) atoms. The van der Waals surface area contributed by atoms with Gasteiger partial charge >= 0.3 is 0 Å². The first-order valence-corrected chi connectivity index (χ1v) is 12.0. The molecule has 1 fully saturated rings. The van der Waals surface area contributed by atoms with E-state index in [4.69, 9.17) is 23.2 Å². The topological polar surface area (TPSA) is 95.7 Å². The summed E-state index contributed by atoms with van der Waals surface area (Å²) in [6.45, 7) is 2.53. The zero-order valence-electron chi connectivity index (χ0n) is 19.5. The van der Waals surface area contributed by atoms with Crippen molar-refractivity contribution in [3.05, 3.63) is 74.3 Å². The molecule has 184 valence electrons. The molecule has 4 rings (SSSR count). The fraction of sp³-hybridized carbons (Fsp3) is 0.360. The number of piperidine rings is 1. The number of fused-ring (bicyclic) bond motifs is 1. The van der Waals surface area contributed by atoms with Crippen LogP contribution in [0.15, 0.2) is 47.5 Å². The number of aliphatic hydroxyl groups is 1. The van der Waals surface area contributed by atoms with E-state index in [9.17, 15) is 19.5 Å². The second-order valence-electron chi connectivity index (χ2n) is 8.95. The number of likely N-dealkylation sites (tertiary alicyclic amines) is 1. The second kappa shape index (κ2) is 9.97. The van der Waals surface area contributed by atoms with Gasteiger partial charge in [-0.25, -0.2) is 4.98 Å². The molecule has 8 nitrogen and oxygen atoms in total. The largest absolute Gasteiger partial charge is 0.385 e. The third-order valence-corrected chi connectivity index (χ3v) is 7.27. The Morgan fingerprint density at radius 3 is 2.49 bits per heavy atom. The highest BCUT2D eigenvalue weighted by molar-refractivity contribution is 6.42. The minimum Gasteiger partial charge on any atom is -0.385 e. The van der Waals surface area contributed by atoms with Crippen molar-refractivity contribution in [2.24, 2.45) is 0 Å². The van der Waals surface area contributed by atoms with E-state index in [0.29, 0.717) is 59.0 Å². The molecule has 1 N–H and O–H groups in total. The SMILES string of the molecule is CC(=O)N1CCC(O)(c2ccc3ncn(CC(=O)N(C)Cc4ccc(Cl)c(Cl)c4)c(=O)c3c2)CC1. The summed E-state index contributed by atoms with van der Waals surface area (Å²) in [6, 6.07) is 10.3. The normalized spacial score (nSPS) is 15.3. The average Bonchev–Trinajstić information content (AvgIpc) is 2.83. The van der Waals surface area contributed by atoms with Crippen LogP contribution in [0.3, 0.4) is 0 Å². The number of aromatic nitrogens is 2. The molecule has 1 saturated heterocycles. The maximum absolute atomic E-state index is 13.2. The number of nitrogens with zero attached hydrogens (tertiary/aromatic N) is 4. The van der Waals surface area contributed by atoms with E-state index >= 15 is 0 Å². The van der Waals surface area contributed by atoms with Crippen LogP contribution in [0.1, 0.15) is 30.9 Å². The van der Waals surface area contributed by atoms with Gasteiger partial charge in [-0.1, -0.05) is 35.3 Å². The number of amides is 2. The molecule has 1 aliphatic rings. The van der Waals surface area contributed by atoms with E-state index in [1.54, 1.807) is 48.3 Å². The lowest BCUT2D eigenvalue weighted by Crippen LogP contribution is -2.44. The van der Waals surface area contributed by atoms with Gasteiger partial charge in [0.2, 0.25) is 11.8 Å². The van der Waals surface area contributed by atoms with Gasteiger partial charge in [-0.05, 0) is 48.2 Å². The van der Waals surface area contributed by atoms with Gasteiger partial charge in [0.1, 0.15) is 6.54 Å². The Morgan fingerprint density at radius 1 is 1.11 bits per heavy atom. The Kier molecular flexibility index (Phi) is 7.17. The summed E-state index contributed by atoms with van der Waals surface area (Å²) in [5, 5.41) is 12.4. The second-order valence-corrected chi connectivity index (χ2v) is 9.76. The Labute approximate surface area is 212 Å². The van der Waals surface area contributed by atoms with Gasteiger partial charge in [-0.2, -0.15) is 0 Å². The smallest absolute Gasteiger partial charge is 0.261 e. The predicted molar refractivity (Wildman–Crippen MR) is 134 cm³/mol. The summed E-state index contributed by atoms with van der Waals surface area (Å²) in [4.78, 5) is 45.2. The molecule has 2 amide bonds. The third kappa shape index (κ3) is 5.34. The lowest BCUT2D eigenvalue weighted by atomic mass is 9.84. The van der Waals surface area contributed by atoms with Crippen LogP contribution in [-0.4, -0.2) is 56.4 Å². The van der Waals surface area contributed by atoms with Crippen molar-refractivity contribution in [2.75, 3.05) is 20.1 Å². The van der Waals surface area contributed by atoms with Crippen molar-refractivity contribution in [2.45, 2.75) is 38.5 Å². The fourth-order valence-corrected chi connectivity index (χ4v) is 4.63. The highest BCUT2D eigenvalue weighted by Crippen LogP contribution is 2.33. The van der Waals surface area contributed by atoms with Crippen molar-refractivity contribution in [3.8, 4) is 0 Å². The van der Waals surface area contributed by atoms with Gasteiger partial charge in [0.05, 0.1) is 32.9 Å². The van der Waals surface area contributed by atoms with E-state index < -0.39 is 5.60 Å². The summed E-state index contributed by atoms with van der Waals surface area (Å²) in [6.07, 6.45) is 2.12. The van der Waals surface area contributed by atoms with Crippen LogP contribution >= 0.6 is 23.2 Å². The molecule has 0 saturated carbocycles. The van der Waals surface area contributed by atoms with Gasteiger partial charge in [-0.3, -0.25) is 19.0 Å². The Morgan fingerprint density at radius 2 is 1.83 bits per heavy atom. The van der Waals surface area contributed by atoms with Crippen LogP contribution < -0.4 is 5.56 Å². The number of rotatable bonds is 5. The van der Waals surface area contributed by atoms with Gasteiger partial charge in [0, 0.05) is 33.6 Å². The number of carbonyl (C=O) groups excluding carboxylic acids is 2. The highest BCUT2D eigenvalue weighted by Gasteiger charge is 2.35. The number of hydrogen-bond donors (Lipinski definition) is 1. The summed E-state index contributed by atoms with van der Waals surface area (Å²) < 4.78 is 1.27. The van der Waals surface area contributed by atoms with Gasteiger partial charge in [-0.15, -0.1) is 0 Å². The highest BCUT2D eigenvalue weighted by atomic mass is 35.5. The molecule has 1 aromatic heterocycles. The molecular formula is C25H26Cl2N4O4. The molecule has 0 spiro atoms. The predicted octanol–water partition coefficient (Wildman–Crippen LogP) is 3.19. The summed E-state index contributed by atoms with van der Waals surface area (Å²) >= 11 is 12.0. The molecule has 0 aliphatic carbocycles. The quantitative estimate of drug-likeness (QED) is 0.561. The monoisotopic (exact) mass is 516 g/mol. The number of benzene rings is 2. The maximum Gasteiger partial charge on any atom is 0.261 e. The third-order valence-electron chi connectivity index (χ3n) is 6.53. The molecule has 0 atom stereocenters. The number of likely N-dealkylation sites (N-methyl/N-ethyl adjacent to an activating group) is 1. The van der Waals surface area contributed by atoms with E-state index in [-0.39, 0.29) is 23.9 Å². The molecule has 0 unspecified atom stereocenters.